The Labute approximate surface area is 122 Å². The zero-order valence-electron chi connectivity index (χ0n) is 12.8. The largest absolute Gasteiger partial charge is 0.373 e. The first-order chi connectivity index (χ1) is 9.78. The monoisotopic (exact) mass is 271 g/mol. The molecule has 1 N–H and O–H groups in total. The van der Waals surface area contributed by atoms with Crippen LogP contribution in [0.4, 0.5) is 5.82 Å². The molecule has 2 aromatic rings. The lowest BCUT2D eigenvalue weighted by Crippen LogP contribution is -2.24. The Morgan fingerprint density at radius 3 is 2.70 bits per heavy atom. The van der Waals surface area contributed by atoms with Crippen molar-refractivity contribution in [2.24, 2.45) is 0 Å². The van der Waals surface area contributed by atoms with Gasteiger partial charge >= 0.3 is 0 Å². The summed E-state index contributed by atoms with van der Waals surface area (Å²) in [6, 6.07) is 10.6. The first-order valence-electron chi connectivity index (χ1n) is 7.57. The van der Waals surface area contributed by atoms with Gasteiger partial charge in [0.25, 0.3) is 0 Å². The number of para-hydroxylation sites is 1. The summed E-state index contributed by atoms with van der Waals surface area (Å²) in [5, 5.41) is 4.45. The Balaban J connectivity index is 2.27. The number of hydrogen-bond acceptors (Lipinski definition) is 3. The number of nitrogens with zero attached hydrogens (tertiary/aromatic N) is 2. The number of fused-ring (bicyclic) bond motifs is 1. The van der Waals surface area contributed by atoms with Gasteiger partial charge in [-0.2, -0.15) is 0 Å². The van der Waals surface area contributed by atoms with E-state index in [9.17, 15) is 0 Å². The molecule has 0 amide bonds. The van der Waals surface area contributed by atoms with E-state index in [0.29, 0.717) is 0 Å². The highest BCUT2D eigenvalue weighted by atomic mass is 15.1. The number of nitrogens with one attached hydrogen (secondary N) is 1. The highest BCUT2D eigenvalue weighted by Gasteiger charge is 2.09. The molecule has 0 radical (unpaired) electrons. The van der Waals surface area contributed by atoms with Gasteiger partial charge in [-0.15, -0.1) is 0 Å². The van der Waals surface area contributed by atoms with Gasteiger partial charge in [0.05, 0.1) is 5.52 Å². The van der Waals surface area contributed by atoms with Crippen LogP contribution in [0.3, 0.4) is 0 Å². The van der Waals surface area contributed by atoms with E-state index in [1.807, 2.05) is 13.1 Å². The maximum absolute atomic E-state index is 4.72. The molecule has 2 rings (SSSR count). The van der Waals surface area contributed by atoms with E-state index in [4.69, 9.17) is 4.98 Å². The second-order valence-corrected chi connectivity index (χ2v) is 5.16. The SMILES string of the molecule is CCCCN(CC)Cc1cc2ccccc2nc1NC. The van der Waals surface area contributed by atoms with Crippen LogP contribution in [0, 0.1) is 0 Å². The molecule has 0 spiro atoms. The minimum Gasteiger partial charge on any atom is -0.373 e. The van der Waals surface area contributed by atoms with Gasteiger partial charge in [-0.3, -0.25) is 4.90 Å². The molecule has 0 aliphatic heterocycles. The summed E-state index contributed by atoms with van der Waals surface area (Å²) in [6.07, 6.45) is 2.50. The highest BCUT2D eigenvalue weighted by Crippen LogP contribution is 2.21. The molecule has 1 aromatic heterocycles. The maximum atomic E-state index is 4.72. The Hall–Kier alpha value is -1.61. The molecule has 20 heavy (non-hydrogen) atoms. The molecule has 0 fully saturated rings. The van der Waals surface area contributed by atoms with Crippen LogP contribution in [0.1, 0.15) is 32.3 Å². The van der Waals surface area contributed by atoms with Crippen molar-refractivity contribution >= 4 is 16.7 Å². The fourth-order valence-electron chi connectivity index (χ4n) is 2.47. The second-order valence-electron chi connectivity index (χ2n) is 5.16. The van der Waals surface area contributed by atoms with Crippen molar-refractivity contribution in [1.82, 2.24) is 9.88 Å². The van der Waals surface area contributed by atoms with Crippen LogP contribution in [-0.2, 0) is 6.54 Å². The van der Waals surface area contributed by atoms with E-state index in [1.165, 1.54) is 23.8 Å². The third kappa shape index (κ3) is 3.48. The lowest BCUT2D eigenvalue weighted by Gasteiger charge is -2.21. The summed E-state index contributed by atoms with van der Waals surface area (Å²) >= 11 is 0. The number of aromatic nitrogens is 1. The van der Waals surface area contributed by atoms with E-state index in [0.717, 1.165) is 31.0 Å². The number of rotatable bonds is 7. The van der Waals surface area contributed by atoms with Gasteiger partial charge in [-0.1, -0.05) is 38.5 Å². The van der Waals surface area contributed by atoms with Gasteiger partial charge in [-0.25, -0.2) is 4.98 Å². The van der Waals surface area contributed by atoms with Gasteiger partial charge in [-0.05, 0) is 31.6 Å². The topological polar surface area (TPSA) is 28.2 Å². The van der Waals surface area contributed by atoms with Crippen molar-refractivity contribution in [3.05, 3.63) is 35.9 Å². The van der Waals surface area contributed by atoms with Gasteiger partial charge in [0.2, 0.25) is 0 Å². The molecule has 108 valence electrons. The second kappa shape index (κ2) is 7.25. The van der Waals surface area contributed by atoms with Gasteiger partial charge in [0.15, 0.2) is 0 Å². The summed E-state index contributed by atoms with van der Waals surface area (Å²) in [5.74, 6) is 0.999. The van der Waals surface area contributed by atoms with Gasteiger partial charge in [0.1, 0.15) is 5.82 Å². The normalized spacial score (nSPS) is 11.2. The van der Waals surface area contributed by atoms with Crippen LogP contribution in [0.15, 0.2) is 30.3 Å². The molecule has 1 aromatic carbocycles. The number of anilines is 1. The van der Waals surface area contributed by atoms with E-state index >= 15 is 0 Å². The van der Waals surface area contributed by atoms with Crippen LogP contribution in [0.5, 0.6) is 0 Å². The van der Waals surface area contributed by atoms with Crippen LogP contribution in [0.2, 0.25) is 0 Å². The first-order valence-corrected chi connectivity index (χ1v) is 7.57. The van der Waals surface area contributed by atoms with Crippen LogP contribution < -0.4 is 5.32 Å². The lowest BCUT2D eigenvalue weighted by molar-refractivity contribution is 0.275. The Morgan fingerprint density at radius 1 is 1.20 bits per heavy atom. The number of unbranched alkanes of at least 4 members (excludes halogenated alkanes) is 1. The maximum Gasteiger partial charge on any atom is 0.130 e. The van der Waals surface area contributed by atoms with Crippen molar-refractivity contribution in [2.45, 2.75) is 33.2 Å². The highest BCUT2D eigenvalue weighted by molar-refractivity contribution is 5.81. The minimum atomic E-state index is 0.963. The molecule has 3 heteroatoms. The number of hydrogen-bond donors (Lipinski definition) is 1. The number of benzene rings is 1. The van der Waals surface area contributed by atoms with Crippen LogP contribution in [-0.4, -0.2) is 30.0 Å². The van der Waals surface area contributed by atoms with Crippen molar-refractivity contribution in [3.63, 3.8) is 0 Å². The van der Waals surface area contributed by atoms with E-state index in [2.05, 4.69) is 48.3 Å². The van der Waals surface area contributed by atoms with E-state index in [-0.39, 0.29) is 0 Å². The molecule has 0 aliphatic carbocycles. The number of pyridine rings is 1. The van der Waals surface area contributed by atoms with E-state index < -0.39 is 0 Å². The zero-order valence-corrected chi connectivity index (χ0v) is 12.8. The molecule has 0 unspecified atom stereocenters. The standard InChI is InChI=1S/C17H25N3/c1-4-6-11-20(5-2)13-15-12-14-9-7-8-10-16(14)19-17(15)18-3/h7-10,12H,4-6,11,13H2,1-3H3,(H,18,19). The molecule has 0 saturated carbocycles. The summed E-state index contributed by atoms with van der Waals surface area (Å²) in [4.78, 5) is 7.21. The molecule has 0 bridgehead atoms. The zero-order chi connectivity index (χ0) is 14.4. The summed E-state index contributed by atoms with van der Waals surface area (Å²) in [7, 11) is 1.95. The van der Waals surface area contributed by atoms with Crippen LogP contribution >= 0.6 is 0 Å². The lowest BCUT2D eigenvalue weighted by atomic mass is 10.1. The van der Waals surface area contributed by atoms with Crippen molar-refractivity contribution in [2.75, 3.05) is 25.5 Å². The van der Waals surface area contributed by atoms with Crippen molar-refractivity contribution in [3.8, 4) is 0 Å². The third-order valence-corrected chi connectivity index (χ3v) is 3.71. The summed E-state index contributed by atoms with van der Waals surface area (Å²) < 4.78 is 0. The minimum absolute atomic E-state index is 0.963. The predicted molar refractivity (Wildman–Crippen MR) is 87.1 cm³/mol. The first kappa shape index (κ1) is 14.8. The van der Waals surface area contributed by atoms with Crippen molar-refractivity contribution < 1.29 is 0 Å². The third-order valence-electron chi connectivity index (χ3n) is 3.71. The average molecular weight is 271 g/mol. The Kier molecular flexibility index (Phi) is 5.36. The summed E-state index contributed by atoms with van der Waals surface area (Å²) in [5.41, 5.74) is 2.33. The van der Waals surface area contributed by atoms with Crippen LogP contribution in [0.25, 0.3) is 10.9 Å². The quantitative estimate of drug-likeness (QED) is 0.828. The van der Waals surface area contributed by atoms with Crippen molar-refractivity contribution in [1.29, 1.82) is 0 Å². The molecular weight excluding hydrogens is 246 g/mol. The molecule has 0 atom stereocenters. The molecule has 3 nitrogen and oxygen atoms in total. The molecule has 0 saturated heterocycles. The Morgan fingerprint density at radius 2 is 2.00 bits per heavy atom. The van der Waals surface area contributed by atoms with E-state index in [1.54, 1.807) is 0 Å². The Bertz CT molecular complexity index is 551. The van der Waals surface area contributed by atoms with Gasteiger partial charge in [0, 0.05) is 24.5 Å². The molecular formula is C17H25N3. The average Bonchev–Trinajstić information content (AvgIpc) is 2.50. The predicted octanol–water partition coefficient (Wildman–Crippen LogP) is 3.90. The molecule has 0 aliphatic rings. The summed E-state index contributed by atoms with van der Waals surface area (Å²) in [6.45, 7) is 7.66. The fraction of sp³-hybridized carbons (Fsp3) is 0.471. The van der Waals surface area contributed by atoms with Gasteiger partial charge < -0.3 is 5.32 Å². The smallest absolute Gasteiger partial charge is 0.130 e. The molecule has 1 heterocycles. The fourth-order valence-corrected chi connectivity index (χ4v) is 2.47.